The van der Waals surface area contributed by atoms with Crippen LogP contribution in [-0.4, -0.2) is 109 Å². The van der Waals surface area contributed by atoms with Gasteiger partial charge in [-0.1, -0.05) is 82.9 Å². The molecule has 7 rings (SSSR count). The third-order valence-electron chi connectivity index (χ3n) is 12.8. The van der Waals surface area contributed by atoms with Crippen LogP contribution in [-0.2, 0) is 25.7 Å². The van der Waals surface area contributed by atoms with Crippen molar-refractivity contribution in [3.8, 4) is 27.4 Å². The highest BCUT2D eigenvalue weighted by atomic mass is 32.1. The maximum atomic E-state index is 14.0. The Morgan fingerprint density at radius 1 is 0.906 bits per heavy atom. The molecule has 4 aromatic rings. The Bertz CT molecular complexity index is 2270. The number of amides is 4. The number of nitrogens with zero attached hydrogens (tertiary/aromatic N) is 6. The van der Waals surface area contributed by atoms with Gasteiger partial charge in [0.2, 0.25) is 23.6 Å². The summed E-state index contributed by atoms with van der Waals surface area (Å²) >= 11 is 1.58. The summed E-state index contributed by atoms with van der Waals surface area (Å²) in [6.45, 7) is 9.26. The third-order valence-corrected chi connectivity index (χ3v) is 13.8. The summed E-state index contributed by atoms with van der Waals surface area (Å²) in [5.41, 5.74) is 12.3. The molecule has 16 heteroatoms. The van der Waals surface area contributed by atoms with Crippen LogP contribution in [0.5, 0.6) is 5.75 Å². The Morgan fingerprint density at radius 2 is 1.58 bits per heavy atom. The number of hydrogen-bond acceptors (Lipinski definition) is 12. The number of anilines is 2. The van der Waals surface area contributed by atoms with Gasteiger partial charge in [0, 0.05) is 63.1 Å². The Labute approximate surface area is 379 Å². The molecule has 2 bridgehead atoms. The van der Waals surface area contributed by atoms with Crippen LogP contribution in [0.1, 0.15) is 103 Å². The molecule has 0 aliphatic carbocycles. The summed E-state index contributed by atoms with van der Waals surface area (Å²) in [6, 6.07) is 15.3. The fourth-order valence-corrected chi connectivity index (χ4v) is 10.2. The average Bonchev–Trinajstić information content (AvgIpc) is 3.96. The lowest BCUT2D eigenvalue weighted by atomic mass is 9.85. The number of piperazine rings is 1. The Hall–Kier alpha value is -5.61. The number of benzene rings is 2. The molecule has 2 unspecified atom stereocenters. The van der Waals surface area contributed by atoms with Crippen molar-refractivity contribution in [3.05, 3.63) is 71.4 Å². The molecule has 5 heterocycles. The van der Waals surface area contributed by atoms with Gasteiger partial charge in [-0.3, -0.25) is 19.2 Å². The fourth-order valence-electron chi connectivity index (χ4n) is 9.38. The lowest BCUT2D eigenvalue weighted by molar-refractivity contribution is -0.144. The molecule has 3 fully saturated rings. The number of β-amino-alcohol motifs (C(OH)–C–C–N with tert-alkyl or cyclic N) is 1. The van der Waals surface area contributed by atoms with E-state index in [2.05, 4.69) is 35.6 Å². The monoisotopic (exact) mass is 893 g/mol. The minimum Gasteiger partial charge on any atom is -0.507 e. The second-order valence-electron chi connectivity index (χ2n) is 18.7. The van der Waals surface area contributed by atoms with Crippen LogP contribution in [0.2, 0.25) is 0 Å². The van der Waals surface area contributed by atoms with Crippen molar-refractivity contribution in [2.24, 2.45) is 5.41 Å². The SMILES string of the molecule is Cc1ncsc1-c1ccc(CNC(=O)[C@@H]2C[C@@H](O)CN2C(=O)[C@@H](NC(=O)CCCCCCCCC(=O)N2C3CCC2CN(c2cc(-c4ccccc4O)nnc2N)C3)C(C)(C)C)cc1. The molecular formula is C48H63N9O6S. The molecule has 0 radical (unpaired) electrons. The molecule has 0 saturated carbocycles. The van der Waals surface area contributed by atoms with Crippen molar-refractivity contribution in [3.63, 3.8) is 0 Å². The van der Waals surface area contributed by atoms with Crippen LogP contribution in [0.25, 0.3) is 21.7 Å². The van der Waals surface area contributed by atoms with Crippen LogP contribution >= 0.6 is 11.3 Å². The summed E-state index contributed by atoms with van der Waals surface area (Å²) in [6.07, 6.45) is 7.13. The Morgan fingerprint density at radius 3 is 2.23 bits per heavy atom. The maximum absolute atomic E-state index is 14.0. The minimum atomic E-state index is -0.868. The highest BCUT2D eigenvalue weighted by Crippen LogP contribution is 2.37. The molecule has 2 aromatic carbocycles. The van der Waals surface area contributed by atoms with E-state index < -0.39 is 23.6 Å². The number of carbonyl (C=O) groups excluding carboxylic acids is 4. The second-order valence-corrected chi connectivity index (χ2v) is 19.5. The van der Waals surface area contributed by atoms with E-state index in [1.165, 1.54) is 4.90 Å². The van der Waals surface area contributed by atoms with Gasteiger partial charge in [-0.2, -0.15) is 0 Å². The van der Waals surface area contributed by atoms with E-state index in [0.717, 1.165) is 72.3 Å². The first kappa shape index (κ1) is 46.4. The van der Waals surface area contributed by atoms with Crippen LogP contribution in [0.4, 0.5) is 11.5 Å². The summed E-state index contributed by atoms with van der Waals surface area (Å²) in [7, 11) is 0. The van der Waals surface area contributed by atoms with Gasteiger partial charge in [-0.05, 0) is 67.3 Å². The molecule has 5 atom stereocenters. The van der Waals surface area contributed by atoms with Gasteiger partial charge in [0.25, 0.3) is 0 Å². The highest BCUT2D eigenvalue weighted by molar-refractivity contribution is 7.13. The van der Waals surface area contributed by atoms with Crippen molar-refractivity contribution >= 4 is 46.5 Å². The number of likely N-dealkylation sites (tertiary alicyclic amines) is 1. The summed E-state index contributed by atoms with van der Waals surface area (Å²) in [5, 5.41) is 35.3. The van der Waals surface area contributed by atoms with Crippen molar-refractivity contribution < 1.29 is 29.4 Å². The molecule has 64 heavy (non-hydrogen) atoms. The number of thiazole rings is 1. The maximum Gasteiger partial charge on any atom is 0.246 e. The van der Waals surface area contributed by atoms with Crippen molar-refractivity contribution in [2.75, 3.05) is 30.3 Å². The van der Waals surface area contributed by atoms with Gasteiger partial charge >= 0.3 is 0 Å². The number of aliphatic hydroxyl groups excluding tert-OH is 1. The minimum absolute atomic E-state index is 0.0229. The van der Waals surface area contributed by atoms with Crippen molar-refractivity contribution in [1.29, 1.82) is 0 Å². The normalized spacial score (nSPS) is 20.0. The van der Waals surface area contributed by atoms with E-state index in [9.17, 15) is 29.4 Å². The van der Waals surface area contributed by atoms with Crippen molar-refractivity contribution in [1.82, 2.24) is 35.6 Å². The van der Waals surface area contributed by atoms with Crippen LogP contribution in [0, 0.1) is 12.3 Å². The number of aliphatic hydroxyl groups is 1. The number of nitrogen functional groups attached to an aromatic ring is 1. The number of phenols is 1. The fraction of sp³-hybridized carbons (Fsp3) is 0.521. The molecule has 0 spiro atoms. The predicted octanol–water partition coefficient (Wildman–Crippen LogP) is 5.97. The second kappa shape index (κ2) is 20.5. The van der Waals surface area contributed by atoms with Gasteiger partial charge in [-0.25, -0.2) is 4.98 Å². The van der Waals surface area contributed by atoms with E-state index in [-0.39, 0.29) is 67.4 Å². The lowest BCUT2D eigenvalue weighted by Gasteiger charge is -2.42. The number of carbonyl (C=O) groups is 4. The summed E-state index contributed by atoms with van der Waals surface area (Å²) < 4.78 is 0. The van der Waals surface area contributed by atoms with Gasteiger partial charge < -0.3 is 41.3 Å². The van der Waals surface area contributed by atoms with Gasteiger partial charge in [-0.15, -0.1) is 21.5 Å². The topological polar surface area (TPSA) is 207 Å². The number of nitrogens with one attached hydrogen (secondary N) is 2. The molecule has 3 aliphatic heterocycles. The molecule has 3 aliphatic rings. The first-order valence-corrected chi connectivity index (χ1v) is 23.6. The van der Waals surface area contributed by atoms with E-state index in [4.69, 9.17) is 5.73 Å². The Kier molecular flexibility index (Phi) is 14.8. The van der Waals surface area contributed by atoms with E-state index in [0.29, 0.717) is 43.0 Å². The number of aryl methyl sites for hydroxylation is 1. The number of fused-ring (bicyclic) bond motifs is 2. The van der Waals surface area contributed by atoms with Crippen LogP contribution < -0.4 is 21.3 Å². The number of aromatic hydroxyl groups is 1. The molecule has 15 nitrogen and oxygen atoms in total. The third kappa shape index (κ3) is 11.0. The number of rotatable bonds is 17. The average molecular weight is 894 g/mol. The molecule has 6 N–H and O–H groups in total. The zero-order valence-corrected chi connectivity index (χ0v) is 38.3. The molecule has 4 amide bonds. The number of aromatic nitrogens is 3. The summed E-state index contributed by atoms with van der Waals surface area (Å²) in [4.78, 5) is 65.3. The van der Waals surface area contributed by atoms with Gasteiger partial charge in [0.1, 0.15) is 17.8 Å². The zero-order chi connectivity index (χ0) is 45.5. The largest absolute Gasteiger partial charge is 0.507 e. The van der Waals surface area contributed by atoms with Crippen molar-refractivity contribution in [2.45, 2.75) is 135 Å². The van der Waals surface area contributed by atoms with Gasteiger partial charge in [0.05, 0.1) is 33.6 Å². The van der Waals surface area contributed by atoms with E-state index >= 15 is 0 Å². The first-order valence-electron chi connectivity index (χ1n) is 22.7. The van der Waals surface area contributed by atoms with Crippen LogP contribution in [0.3, 0.4) is 0 Å². The molecule has 3 saturated heterocycles. The van der Waals surface area contributed by atoms with Gasteiger partial charge in [0.15, 0.2) is 5.82 Å². The number of para-hydroxylation sites is 1. The van der Waals surface area contributed by atoms with E-state index in [1.54, 1.807) is 29.5 Å². The highest BCUT2D eigenvalue weighted by Gasteiger charge is 2.45. The number of phenolic OH excluding ortho intramolecular Hbond substituents is 1. The van der Waals surface area contributed by atoms with E-state index in [1.807, 2.05) is 69.6 Å². The first-order chi connectivity index (χ1) is 30.7. The number of hydrogen-bond donors (Lipinski definition) is 5. The zero-order valence-electron chi connectivity index (χ0n) is 37.5. The Balaban J connectivity index is 0.806. The summed E-state index contributed by atoms with van der Waals surface area (Å²) in [5.74, 6) is -0.278. The number of nitrogens with two attached hydrogens (primary N) is 1. The molecule has 2 aromatic heterocycles. The smallest absolute Gasteiger partial charge is 0.246 e. The number of unbranched alkanes of at least 4 members (excludes halogenated alkanes) is 5. The quantitative estimate of drug-likeness (QED) is 0.0781. The lowest BCUT2D eigenvalue weighted by Crippen LogP contribution is -2.57. The standard InChI is InChI=1S/C48H63N9O6S/c1-30-43(64-29-51-30)32-19-17-31(18-20-32)25-50-46(62)39-23-35(58)28-56(39)47(63)44(48(2,3)4)52-41(60)15-9-7-5-6-8-10-16-42(61)57-33-21-22-34(57)27-55(26-33)38-24-37(53-54-45(38)49)36-13-11-12-14-40(36)59/h11-14,17-20,24,29,33-35,39,44,58-59H,5-10,15-16,21-23,25-28H2,1-4H3,(H2,49,54)(H,50,62)(H,52,60)/t33?,34?,35-,39+,44-/m1/s1. The molecular weight excluding hydrogens is 831 g/mol. The predicted molar refractivity (Wildman–Crippen MR) is 248 cm³/mol. The molecule has 342 valence electrons. The van der Waals surface area contributed by atoms with Crippen LogP contribution in [0.15, 0.2) is 60.1 Å².